The average molecular weight is 203 g/mol. The van der Waals surface area contributed by atoms with Gasteiger partial charge < -0.3 is 5.32 Å². The summed E-state index contributed by atoms with van der Waals surface area (Å²) in [6.45, 7) is 4.20. The minimum absolute atomic E-state index is 0.0633. The highest BCUT2D eigenvalue weighted by Crippen LogP contribution is 2.28. The molecule has 3 heterocycles. The minimum Gasteiger partial charge on any atom is -0.316 e. The van der Waals surface area contributed by atoms with E-state index >= 15 is 0 Å². The van der Waals surface area contributed by atoms with Gasteiger partial charge >= 0.3 is 0 Å². The molecule has 1 aliphatic heterocycles. The maximum absolute atomic E-state index is 4.29. The van der Waals surface area contributed by atoms with Gasteiger partial charge in [-0.2, -0.15) is 9.61 Å². The first-order valence-corrected chi connectivity index (χ1v) is 5.17. The molecule has 1 unspecified atom stereocenters. The fourth-order valence-electron chi connectivity index (χ4n) is 2.13. The molecule has 1 atom stereocenters. The molecule has 1 N–H and O–H groups in total. The minimum atomic E-state index is 0.0633. The summed E-state index contributed by atoms with van der Waals surface area (Å²) in [7, 11) is 0. The first-order valence-electron chi connectivity index (χ1n) is 5.17. The molecule has 1 saturated heterocycles. The highest BCUT2D eigenvalue weighted by molar-refractivity contribution is 5.36. The van der Waals surface area contributed by atoms with Gasteiger partial charge in [0.15, 0.2) is 11.5 Å². The zero-order chi connectivity index (χ0) is 10.3. The maximum Gasteiger partial charge on any atom is 0.177 e. The molecule has 1 fully saturated rings. The lowest BCUT2D eigenvalue weighted by atomic mass is 9.89. The Morgan fingerprint density at radius 1 is 1.47 bits per heavy atom. The first-order chi connectivity index (χ1) is 7.30. The van der Waals surface area contributed by atoms with Crippen LogP contribution in [0.25, 0.3) is 5.65 Å². The Balaban J connectivity index is 2.18. The summed E-state index contributed by atoms with van der Waals surface area (Å²) in [5, 5.41) is 16.0. The fraction of sp³-hybridized carbons (Fsp3) is 0.500. The van der Waals surface area contributed by atoms with Gasteiger partial charge in [-0.25, -0.2) is 0 Å². The molecule has 5 nitrogen and oxygen atoms in total. The largest absolute Gasteiger partial charge is 0.316 e. The molecule has 0 radical (unpaired) electrons. The zero-order valence-corrected chi connectivity index (χ0v) is 8.64. The molecule has 2 aromatic heterocycles. The van der Waals surface area contributed by atoms with Gasteiger partial charge in [0.2, 0.25) is 0 Å². The van der Waals surface area contributed by atoms with Crippen molar-refractivity contribution in [3.05, 3.63) is 24.2 Å². The lowest BCUT2D eigenvalue weighted by Crippen LogP contribution is -2.28. The van der Waals surface area contributed by atoms with Gasteiger partial charge in [0.25, 0.3) is 0 Å². The van der Waals surface area contributed by atoms with Crippen LogP contribution in [0.3, 0.4) is 0 Å². The van der Waals surface area contributed by atoms with E-state index in [9.17, 15) is 0 Å². The van der Waals surface area contributed by atoms with Crippen molar-refractivity contribution >= 4 is 5.65 Å². The molecule has 0 spiro atoms. The van der Waals surface area contributed by atoms with Crippen LogP contribution in [0.2, 0.25) is 0 Å². The average Bonchev–Trinajstić information content (AvgIpc) is 2.84. The van der Waals surface area contributed by atoms with E-state index in [2.05, 4.69) is 27.5 Å². The highest BCUT2D eigenvalue weighted by Gasteiger charge is 2.35. The van der Waals surface area contributed by atoms with E-state index < -0.39 is 0 Å². The Labute approximate surface area is 87.5 Å². The Morgan fingerprint density at radius 2 is 2.40 bits per heavy atom. The van der Waals surface area contributed by atoms with Crippen LogP contribution in [0.1, 0.15) is 19.2 Å². The SMILES string of the molecule is CC1(c2nnc3cccnn23)CCNC1. The maximum atomic E-state index is 4.29. The van der Waals surface area contributed by atoms with Gasteiger partial charge in [-0.3, -0.25) is 0 Å². The van der Waals surface area contributed by atoms with Crippen LogP contribution in [-0.2, 0) is 5.41 Å². The van der Waals surface area contributed by atoms with Crippen molar-refractivity contribution in [2.75, 3.05) is 13.1 Å². The van der Waals surface area contributed by atoms with E-state index in [1.54, 1.807) is 6.20 Å². The third kappa shape index (κ3) is 1.23. The van der Waals surface area contributed by atoms with Crippen LogP contribution in [-0.4, -0.2) is 32.9 Å². The Kier molecular flexibility index (Phi) is 1.76. The van der Waals surface area contributed by atoms with E-state index in [4.69, 9.17) is 0 Å². The monoisotopic (exact) mass is 203 g/mol. The van der Waals surface area contributed by atoms with E-state index in [0.29, 0.717) is 0 Å². The molecule has 2 aromatic rings. The van der Waals surface area contributed by atoms with Crippen molar-refractivity contribution in [1.82, 2.24) is 25.1 Å². The molecule has 3 rings (SSSR count). The van der Waals surface area contributed by atoms with Crippen molar-refractivity contribution in [2.45, 2.75) is 18.8 Å². The number of nitrogens with zero attached hydrogens (tertiary/aromatic N) is 4. The molecule has 0 amide bonds. The highest BCUT2D eigenvalue weighted by atomic mass is 15.4. The third-order valence-electron chi connectivity index (χ3n) is 3.09. The molecule has 5 heteroatoms. The third-order valence-corrected chi connectivity index (χ3v) is 3.09. The summed E-state index contributed by atoms with van der Waals surface area (Å²) in [5.74, 6) is 0.961. The Hall–Kier alpha value is -1.49. The van der Waals surface area contributed by atoms with Gasteiger partial charge in [0, 0.05) is 18.2 Å². The van der Waals surface area contributed by atoms with E-state index in [1.165, 1.54) is 0 Å². The zero-order valence-electron chi connectivity index (χ0n) is 8.64. The van der Waals surface area contributed by atoms with Crippen LogP contribution in [0.4, 0.5) is 0 Å². The lowest BCUT2D eigenvalue weighted by molar-refractivity contribution is 0.475. The standard InChI is InChI=1S/C10H13N5/c1-10(4-6-11-7-10)9-14-13-8-3-2-5-12-15(8)9/h2-3,5,11H,4,6-7H2,1H3. The van der Waals surface area contributed by atoms with Crippen LogP contribution >= 0.6 is 0 Å². The van der Waals surface area contributed by atoms with Crippen molar-refractivity contribution in [3.8, 4) is 0 Å². The van der Waals surface area contributed by atoms with Gasteiger partial charge in [-0.05, 0) is 25.1 Å². The second-order valence-electron chi connectivity index (χ2n) is 4.30. The van der Waals surface area contributed by atoms with Crippen LogP contribution in [0, 0.1) is 0 Å². The van der Waals surface area contributed by atoms with Gasteiger partial charge in [0.1, 0.15) is 0 Å². The van der Waals surface area contributed by atoms with Crippen molar-refractivity contribution in [1.29, 1.82) is 0 Å². The van der Waals surface area contributed by atoms with Crippen LogP contribution < -0.4 is 5.32 Å². The number of hydrogen-bond donors (Lipinski definition) is 1. The first kappa shape index (κ1) is 8.79. The van der Waals surface area contributed by atoms with Gasteiger partial charge in [-0.1, -0.05) is 6.92 Å². The molecule has 0 bridgehead atoms. The summed E-state index contributed by atoms with van der Waals surface area (Å²) >= 11 is 0. The number of fused-ring (bicyclic) bond motifs is 1. The van der Waals surface area contributed by atoms with E-state index in [1.807, 2.05) is 16.6 Å². The molecule has 0 aliphatic carbocycles. The topological polar surface area (TPSA) is 55.1 Å². The molecule has 0 aromatic carbocycles. The summed E-state index contributed by atoms with van der Waals surface area (Å²) in [6, 6.07) is 3.80. The summed E-state index contributed by atoms with van der Waals surface area (Å²) in [4.78, 5) is 0. The smallest absolute Gasteiger partial charge is 0.177 e. The Bertz CT molecular complexity index is 483. The second-order valence-corrected chi connectivity index (χ2v) is 4.30. The molecule has 1 aliphatic rings. The molecule has 15 heavy (non-hydrogen) atoms. The predicted molar refractivity (Wildman–Crippen MR) is 55.6 cm³/mol. The van der Waals surface area contributed by atoms with Crippen LogP contribution in [0.5, 0.6) is 0 Å². The fourth-order valence-corrected chi connectivity index (χ4v) is 2.13. The number of hydrogen-bond acceptors (Lipinski definition) is 4. The summed E-state index contributed by atoms with van der Waals surface area (Å²) in [5.41, 5.74) is 0.883. The van der Waals surface area contributed by atoms with Crippen molar-refractivity contribution < 1.29 is 0 Å². The quantitative estimate of drug-likeness (QED) is 0.727. The number of aromatic nitrogens is 4. The van der Waals surface area contributed by atoms with Crippen LogP contribution in [0.15, 0.2) is 18.3 Å². The molecular formula is C10H13N5. The van der Waals surface area contributed by atoms with Crippen molar-refractivity contribution in [2.24, 2.45) is 0 Å². The van der Waals surface area contributed by atoms with E-state index in [0.717, 1.165) is 31.0 Å². The molecule has 0 saturated carbocycles. The summed E-state index contributed by atoms with van der Waals surface area (Å²) < 4.78 is 1.84. The Morgan fingerprint density at radius 3 is 3.20 bits per heavy atom. The lowest BCUT2D eigenvalue weighted by Gasteiger charge is -2.19. The van der Waals surface area contributed by atoms with Crippen molar-refractivity contribution in [3.63, 3.8) is 0 Å². The normalized spacial score (nSPS) is 26.2. The van der Waals surface area contributed by atoms with Gasteiger partial charge in [0.05, 0.1) is 0 Å². The second kappa shape index (κ2) is 3.00. The number of nitrogens with one attached hydrogen (secondary N) is 1. The molecular weight excluding hydrogens is 190 g/mol. The van der Waals surface area contributed by atoms with Gasteiger partial charge in [-0.15, -0.1) is 10.2 Å². The summed E-state index contributed by atoms with van der Waals surface area (Å²) in [6.07, 6.45) is 2.86. The predicted octanol–water partition coefficient (Wildman–Crippen LogP) is 0.375. The van der Waals surface area contributed by atoms with E-state index in [-0.39, 0.29) is 5.41 Å². The molecule has 78 valence electrons. The number of rotatable bonds is 1.